The molecule has 0 atom stereocenters. The van der Waals surface area contributed by atoms with E-state index in [0.29, 0.717) is 5.52 Å². The molecule has 2 N–H and O–H groups in total. The summed E-state index contributed by atoms with van der Waals surface area (Å²) < 4.78 is 6.75. The molecule has 0 saturated heterocycles. The van der Waals surface area contributed by atoms with Gasteiger partial charge in [0.25, 0.3) is 0 Å². The first-order chi connectivity index (χ1) is 14.4. The topological polar surface area (TPSA) is 92.8 Å². The van der Waals surface area contributed by atoms with Crippen molar-refractivity contribution in [3.63, 3.8) is 0 Å². The number of pyridine rings is 1. The van der Waals surface area contributed by atoms with Crippen LogP contribution in [0.1, 0.15) is 26.5 Å². The zero-order valence-electron chi connectivity index (χ0n) is 16.9. The van der Waals surface area contributed by atoms with Gasteiger partial charge in [-0.1, -0.05) is 44.1 Å². The molecule has 5 rings (SSSR count). The predicted octanol–water partition coefficient (Wildman–Crippen LogP) is 5.07. The van der Waals surface area contributed by atoms with Crippen molar-refractivity contribution in [1.82, 2.24) is 24.9 Å². The third-order valence-corrected chi connectivity index (χ3v) is 5.14. The molecule has 30 heavy (non-hydrogen) atoms. The Hall–Kier alpha value is -3.87. The van der Waals surface area contributed by atoms with Gasteiger partial charge in [0.15, 0.2) is 0 Å². The molecule has 4 aromatic heterocycles. The molecule has 5 aromatic rings. The summed E-state index contributed by atoms with van der Waals surface area (Å²) in [6, 6.07) is 15.4. The van der Waals surface area contributed by atoms with E-state index in [2.05, 4.69) is 41.1 Å². The van der Waals surface area contributed by atoms with Crippen molar-refractivity contribution in [1.29, 1.82) is 0 Å². The summed E-state index contributed by atoms with van der Waals surface area (Å²) in [4.78, 5) is 4.56. The normalized spacial score (nSPS) is 12.0. The van der Waals surface area contributed by atoms with Gasteiger partial charge in [-0.15, -0.1) is 0 Å². The van der Waals surface area contributed by atoms with E-state index in [1.54, 1.807) is 12.5 Å². The van der Waals surface area contributed by atoms with Crippen LogP contribution in [0.15, 0.2) is 65.5 Å². The van der Waals surface area contributed by atoms with Crippen LogP contribution < -0.4 is 0 Å². The lowest BCUT2D eigenvalue weighted by Crippen LogP contribution is -2.12. The molecule has 7 heteroatoms. The maximum Gasteiger partial charge on any atom is 0.223 e. The van der Waals surface area contributed by atoms with E-state index in [0.717, 1.165) is 39.4 Å². The summed E-state index contributed by atoms with van der Waals surface area (Å²) in [5.41, 5.74) is 5.33. The summed E-state index contributed by atoms with van der Waals surface area (Å²) >= 11 is 0. The van der Waals surface area contributed by atoms with Crippen LogP contribution in [-0.4, -0.2) is 30.0 Å². The van der Waals surface area contributed by atoms with Gasteiger partial charge in [-0.2, -0.15) is 5.10 Å². The molecule has 0 aliphatic rings. The summed E-state index contributed by atoms with van der Waals surface area (Å²) in [6.07, 6.45) is 3.30. The second-order valence-electron chi connectivity index (χ2n) is 8.23. The number of nitrogens with one attached hydrogen (secondary N) is 1. The van der Waals surface area contributed by atoms with Crippen LogP contribution in [0.4, 0.5) is 0 Å². The van der Waals surface area contributed by atoms with E-state index >= 15 is 0 Å². The van der Waals surface area contributed by atoms with Crippen LogP contribution in [0.5, 0.6) is 5.88 Å². The summed E-state index contributed by atoms with van der Waals surface area (Å²) in [6.45, 7) is 6.31. The summed E-state index contributed by atoms with van der Waals surface area (Å²) in [5, 5.41) is 23.5. The van der Waals surface area contributed by atoms with Crippen molar-refractivity contribution in [3.8, 4) is 34.2 Å². The van der Waals surface area contributed by atoms with Crippen molar-refractivity contribution < 1.29 is 9.63 Å². The highest BCUT2D eigenvalue weighted by atomic mass is 16.5. The largest absolute Gasteiger partial charge is 0.493 e. The van der Waals surface area contributed by atoms with Gasteiger partial charge < -0.3 is 9.63 Å². The van der Waals surface area contributed by atoms with Crippen LogP contribution >= 0.6 is 0 Å². The van der Waals surface area contributed by atoms with Crippen molar-refractivity contribution in [2.75, 3.05) is 0 Å². The molecule has 0 aliphatic heterocycles. The van der Waals surface area contributed by atoms with Crippen LogP contribution in [0.3, 0.4) is 0 Å². The minimum absolute atomic E-state index is 0.0999. The maximum absolute atomic E-state index is 11.2. The number of benzene rings is 1. The van der Waals surface area contributed by atoms with Gasteiger partial charge in [-0.3, -0.25) is 14.6 Å². The van der Waals surface area contributed by atoms with Crippen LogP contribution in [0.25, 0.3) is 39.2 Å². The number of aromatic amines is 1. The molecular formula is C23H21N5O2. The van der Waals surface area contributed by atoms with E-state index < -0.39 is 0 Å². The molecule has 0 aliphatic carbocycles. The number of fused-ring (bicyclic) bond motifs is 1. The predicted molar refractivity (Wildman–Crippen MR) is 115 cm³/mol. The first-order valence-corrected chi connectivity index (χ1v) is 9.70. The Morgan fingerprint density at radius 1 is 1.00 bits per heavy atom. The molecular weight excluding hydrogens is 378 g/mol. The van der Waals surface area contributed by atoms with Gasteiger partial charge in [-0.05, 0) is 24.3 Å². The van der Waals surface area contributed by atoms with E-state index in [1.165, 1.54) is 0 Å². The molecule has 0 spiro atoms. The van der Waals surface area contributed by atoms with Gasteiger partial charge in [0.2, 0.25) is 5.88 Å². The lowest BCUT2D eigenvalue weighted by atomic mass is 9.89. The molecule has 7 nitrogen and oxygen atoms in total. The molecule has 0 fully saturated rings. The Balaban J connectivity index is 1.78. The second kappa shape index (κ2) is 6.59. The minimum atomic E-state index is -0.211. The fraction of sp³-hybridized carbons (Fsp3) is 0.174. The van der Waals surface area contributed by atoms with E-state index in [4.69, 9.17) is 4.52 Å². The summed E-state index contributed by atoms with van der Waals surface area (Å²) in [5.74, 6) is 0.0999. The SMILES string of the molecule is CC(C)(C)c1n[nH]c2c(O)n(-c3ccc(-c4ccon4)cc3)c(-c3ccccn3)c12. The van der Waals surface area contributed by atoms with Gasteiger partial charge >= 0.3 is 0 Å². The van der Waals surface area contributed by atoms with E-state index in [9.17, 15) is 5.11 Å². The highest BCUT2D eigenvalue weighted by Crippen LogP contribution is 2.43. The van der Waals surface area contributed by atoms with Crippen LogP contribution in [-0.2, 0) is 5.41 Å². The van der Waals surface area contributed by atoms with E-state index in [1.807, 2.05) is 53.1 Å². The van der Waals surface area contributed by atoms with E-state index in [-0.39, 0.29) is 11.3 Å². The third-order valence-electron chi connectivity index (χ3n) is 5.14. The van der Waals surface area contributed by atoms with Crippen molar-refractivity contribution in [2.45, 2.75) is 26.2 Å². The Bertz CT molecular complexity index is 1310. The first kappa shape index (κ1) is 18.2. The van der Waals surface area contributed by atoms with Gasteiger partial charge in [0.1, 0.15) is 17.5 Å². The number of rotatable bonds is 3. The molecule has 150 valence electrons. The Morgan fingerprint density at radius 3 is 2.43 bits per heavy atom. The van der Waals surface area contributed by atoms with Gasteiger partial charge in [0, 0.05) is 28.9 Å². The zero-order valence-corrected chi connectivity index (χ0v) is 16.9. The standard InChI is InChI=1S/C23H21N5O2/c1-23(2,3)21-18-19(25-26-21)22(29)28(20(18)17-6-4-5-12-24-17)15-9-7-14(8-10-15)16-11-13-30-27-16/h4-13,25,29H,1-3H3. The lowest BCUT2D eigenvalue weighted by Gasteiger charge is -2.17. The Kier molecular flexibility index (Phi) is 3.99. The number of H-pyrrole nitrogens is 1. The molecule has 0 amide bonds. The summed E-state index contributed by atoms with van der Waals surface area (Å²) in [7, 11) is 0. The molecule has 1 aromatic carbocycles. The van der Waals surface area contributed by atoms with Crippen LogP contribution in [0, 0.1) is 0 Å². The highest BCUT2D eigenvalue weighted by Gasteiger charge is 2.29. The monoisotopic (exact) mass is 399 g/mol. The van der Waals surface area contributed by atoms with Gasteiger partial charge in [0.05, 0.1) is 22.5 Å². The number of aromatic nitrogens is 5. The maximum atomic E-state index is 11.2. The number of aromatic hydroxyl groups is 1. The first-order valence-electron chi connectivity index (χ1n) is 9.70. The number of nitrogens with zero attached hydrogens (tertiary/aromatic N) is 4. The third kappa shape index (κ3) is 2.78. The Morgan fingerprint density at radius 2 is 1.80 bits per heavy atom. The second-order valence-corrected chi connectivity index (χ2v) is 8.23. The van der Waals surface area contributed by atoms with Gasteiger partial charge in [-0.25, -0.2) is 0 Å². The Labute approximate surface area is 173 Å². The van der Waals surface area contributed by atoms with Crippen molar-refractivity contribution in [2.24, 2.45) is 0 Å². The molecule has 0 radical (unpaired) electrons. The minimum Gasteiger partial charge on any atom is -0.493 e. The number of hydrogen-bond acceptors (Lipinski definition) is 5. The molecule has 0 saturated carbocycles. The molecule has 0 bridgehead atoms. The number of hydrogen-bond donors (Lipinski definition) is 2. The molecule has 0 unspecified atom stereocenters. The quantitative estimate of drug-likeness (QED) is 0.442. The fourth-order valence-electron chi connectivity index (χ4n) is 3.75. The van der Waals surface area contributed by atoms with Crippen molar-refractivity contribution >= 4 is 10.9 Å². The zero-order chi connectivity index (χ0) is 20.9. The van der Waals surface area contributed by atoms with Crippen molar-refractivity contribution in [3.05, 3.63) is 66.7 Å². The lowest BCUT2D eigenvalue weighted by molar-refractivity contribution is 0.422. The smallest absolute Gasteiger partial charge is 0.223 e. The fourth-order valence-corrected chi connectivity index (χ4v) is 3.75. The average Bonchev–Trinajstić information content (AvgIpc) is 3.46. The van der Waals surface area contributed by atoms with Crippen LogP contribution in [0.2, 0.25) is 0 Å². The average molecular weight is 399 g/mol. The highest BCUT2D eigenvalue weighted by molar-refractivity contribution is 6.00. The molecule has 4 heterocycles.